The van der Waals surface area contributed by atoms with Crippen molar-refractivity contribution in [3.8, 4) is 0 Å². The molecule has 0 bridgehead atoms. The van der Waals surface area contributed by atoms with Crippen LogP contribution in [0.15, 0.2) is 16.3 Å². The average molecular weight is 353 g/mol. The van der Waals surface area contributed by atoms with Crippen LogP contribution < -0.4 is 5.73 Å². The van der Waals surface area contributed by atoms with Crippen LogP contribution in [-0.4, -0.2) is 31.9 Å². The number of thiophene rings is 1. The lowest BCUT2D eigenvalue weighted by molar-refractivity contribution is 0.258. The number of nitrogens with two attached hydrogens (primary N) is 1. The van der Waals surface area contributed by atoms with Crippen LogP contribution in [0.4, 0.5) is 0 Å². The first kappa shape index (κ1) is 18.9. The summed E-state index contributed by atoms with van der Waals surface area (Å²) in [6, 6.07) is 3.62. The summed E-state index contributed by atoms with van der Waals surface area (Å²) in [5.41, 5.74) is 5.72. The van der Waals surface area contributed by atoms with Crippen molar-refractivity contribution in [2.24, 2.45) is 5.73 Å². The molecule has 2 rings (SSSR count). The van der Waals surface area contributed by atoms with Crippen molar-refractivity contribution in [2.45, 2.75) is 55.7 Å². The zero-order valence-corrected chi connectivity index (χ0v) is 15.3. The summed E-state index contributed by atoms with van der Waals surface area (Å²) in [5, 5.41) is 0. The van der Waals surface area contributed by atoms with Gasteiger partial charge in [0.2, 0.25) is 0 Å². The van der Waals surface area contributed by atoms with E-state index in [1.165, 1.54) is 11.3 Å². The van der Waals surface area contributed by atoms with Crippen LogP contribution in [0.2, 0.25) is 0 Å². The summed E-state index contributed by atoms with van der Waals surface area (Å²) in [5.74, 6) is 0. The summed E-state index contributed by atoms with van der Waals surface area (Å²) in [4.78, 5) is 1.09. The van der Waals surface area contributed by atoms with E-state index in [0.29, 0.717) is 17.3 Å². The van der Waals surface area contributed by atoms with Gasteiger partial charge in [-0.15, -0.1) is 23.7 Å². The minimum Gasteiger partial charge on any atom is -0.329 e. The number of rotatable bonds is 3. The Morgan fingerprint density at radius 2 is 2.00 bits per heavy atom. The first-order valence-corrected chi connectivity index (χ1v) is 9.34. The molecule has 0 saturated carbocycles. The predicted molar refractivity (Wildman–Crippen MR) is 90.9 cm³/mol. The maximum Gasteiger partial charge on any atom is 0.252 e. The van der Waals surface area contributed by atoms with Crippen molar-refractivity contribution < 1.29 is 8.42 Å². The molecule has 1 unspecified atom stereocenters. The van der Waals surface area contributed by atoms with Crippen molar-refractivity contribution in [1.29, 1.82) is 0 Å². The molecule has 2 heterocycles. The topological polar surface area (TPSA) is 63.4 Å². The Labute approximate surface area is 138 Å². The zero-order valence-electron chi connectivity index (χ0n) is 12.8. The summed E-state index contributed by atoms with van der Waals surface area (Å²) in [6.45, 7) is 7.28. The van der Waals surface area contributed by atoms with Gasteiger partial charge >= 0.3 is 0 Å². The quantitative estimate of drug-likeness (QED) is 0.909. The highest BCUT2D eigenvalue weighted by Gasteiger charge is 2.34. The van der Waals surface area contributed by atoms with E-state index < -0.39 is 10.0 Å². The number of sulfonamides is 1. The molecule has 21 heavy (non-hydrogen) atoms. The van der Waals surface area contributed by atoms with Gasteiger partial charge in [0.1, 0.15) is 4.21 Å². The zero-order chi connectivity index (χ0) is 15.0. The smallest absolute Gasteiger partial charge is 0.252 e. The Hall–Kier alpha value is -0.140. The molecule has 1 atom stereocenters. The molecule has 1 fully saturated rings. The molecular formula is C14H25ClN2O2S2. The van der Waals surface area contributed by atoms with E-state index in [4.69, 9.17) is 5.73 Å². The molecule has 122 valence electrons. The van der Waals surface area contributed by atoms with Gasteiger partial charge in [-0.3, -0.25) is 0 Å². The van der Waals surface area contributed by atoms with Gasteiger partial charge in [-0.2, -0.15) is 4.31 Å². The Bertz CT molecular complexity index is 564. The van der Waals surface area contributed by atoms with Crippen LogP contribution in [0.3, 0.4) is 0 Å². The fraction of sp³-hybridized carbons (Fsp3) is 0.714. The lowest BCUT2D eigenvalue weighted by atomic mass is 9.95. The highest BCUT2D eigenvalue weighted by atomic mass is 35.5. The molecule has 0 amide bonds. The van der Waals surface area contributed by atoms with Gasteiger partial charge in [0.05, 0.1) is 0 Å². The molecule has 1 aliphatic heterocycles. The van der Waals surface area contributed by atoms with E-state index in [0.717, 1.165) is 24.1 Å². The summed E-state index contributed by atoms with van der Waals surface area (Å²) >= 11 is 1.38. The molecule has 1 aromatic heterocycles. The number of nitrogens with zero attached hydrogens (tertiary/aromatic N) is 1. The molecule has 0 aliphatic carbocycles. The molecule has 0 aromatic carbocycles. The maximum absolute atomic E-state index is 12.8. The second-order valence-corrected chi connectivity index (χ2v) is 9.57. The van der Waals surface area contributed by atoms with Crippen LogP contribution in [0, 0.1) is 0 Å². The van der Waals surface area contributed by atoms with Gasteiger partial charge in [-0.05, 0) is 30.4 Å². The van der Waals surface area contributed by atoms with Crippen LogP contribution in [0.5, 0.6) is 0 Å². The lowest BCUT2D eigenvalue weighted by Crippen LogP contribution is -2.47. The Balaban J connectivity index is 0.00000220. The van der Waals surface area contributed by atoms with Crippen LogP contribution >= 0.6 is 23.7 Å². The Kier molecular flexibility index (Phi) is 6.27. The summed E-state index contributed by atoms with van der Waals surface area (Å²) < 4.78 is 27.6. The van der Waals surface area contributed by atoms with Crippen LogP contribution in [-0.2, 0) is 15.4 Å². The number of hydrogen-bond donors (Lipinski definition) is 1. The van der Waals surface area contributed by atoms with Crippen LogP contribution in [0.1, 0.15) is 44.9 Å². The normalized spacial score (nSPS) is 21.0. The fourth-order valence-corrected chi connectivity index (χ4v) is 5.70. The van der Waals surface area contributed by atoms with E-state index in [1.54, 1.807) is 10.4 Å². The minimum absolute atomic E-state index is 0. The van der Waals surface area contributed by atoms with Crippen molar-refractivity contribution in [1.82, 2.24) is 4.31 Å². The fourth-order valence-electron chi connectivity index (χ4n) is 2.50. The Morgan fingerprint density at radius 3 is 2.52 bits per heavy atom. The van der Waals surface area contributed by atoms with E-state index in [-0.39, 0.29) is 23.9 Å². The highest BCUT2D eigenvalue weighted by Crippen LogP contribution is 2.34. The average Bonchev–Trinajstić information content (AvgIpc) is 2.88. The van der Waals surface area contributed by atoms with Crippen molar-refractivity contribution >= 4 is 33.8 Å². The largest absolute Gasteiger partial charge is 0.329 e. The molecular weight excluding hydrogens is 328 g/mol. The summed E-state index contributed by atoms with van der Waals surface area (Å²) in [7, 11) is -3.39. The molecule has 0 spiro atoms. The van der Waals surface area contributed by atoms with Crippen molar-refractivity contribution in [2.75, 3.05) is 13.1 Å². The third-order valence-corrected chi connectivity index (χ3v) is 7.66. The first-order valence-electron chi connectivity index (χ1n) is 7.09. The van der Waals surface area contributed by atoms with Crippen molar-refractivity contribution in [3.05, 3.63) is 17.0 Å². The third-order valence-electron chi connectivity index (χ3n) is 3.73. The number of halogens is 1. The van der Waals surface area contributed by atoms with Gasteiger partial charge < -0.3 is 5.73 Å². The molecule has 4 nitrogen and oxygen atoms in total. The minimum atomic E-state index is -3.39. The molecule has 1 aliphatic rings. The van der Waals surface area contributed by atoms with E-state index >= 15 is 0 Å². The van der Waals surface area contributed by atoms with E-state index in [2.05, 4.69) is 20.8 Å². The first-order chi connectivity index (χ1) is 9.26. The standard InChI is InChI=1S/C14H24N2O2S2.ClH/c1-14(2,3)12-7-8-13(19-12)20(17,18)16-9-5-4-6-11(16)10-15;/h7-8,11H,4-6,9-10,15H2,1-3H3;1H. The number of hydrogen-bond acceptors (Lipinski definition) is 4. The molecule has 1 aromatic rings. The van der Waals surface area contributed by atoms with Gasteiger partial charge in [0.25, 0.3) is 10.0 Å². The van der Waals surface area contributed by atoms with Gasteiger partial charge in [-0.1, -0.05) is 27.2 Å². The number of piperidine rings is 1. The summed E-state index contributed by atoms with van der Waals surface area (Å²) in [6.07, 6.45) is 2.85. The van der Waals surface area contributed by atoms with Crippen LogP contribution in [0.25, 0.3) is 0 Å². The predicted octanol–water partition coefficient (Wildman–Crippen LogP) is 2.97. The molecule has 7 heteroatoms. The van der Waals surface area contributed by atoms with E-state index in [9.17, 15) is 8.42 Å². The molecule has 0 radical (unpaired) electrons. The maximum atomic E-state index is 12.8. The van der Waals surface area contributed by atoms with Gasteiger partial charge in [-0.25, -0.2) is 8.42 Å². The van der Waals surface area contributed by atoms with Gasteiger partial charge in [0, 0.05) is 24.0 Å². The molecule has 1 saturated heterocycles. The van der Waals surface area contributed by atoms with Gasteiger partial charge in [0.15, 0.2) is 0 Å². The highest BCUT2D eigenvalue weighted by molar-refractivity contribution is 7.91. The third kappa shape index (κ3) is 3.99. The molecule has 2 N–H and O–H groups in total. The second kappa shape index (κ2) is 6.96. The van der Waals surface area contributed by atoms with Crippen molar-refractivity contribution in [3.63, 3.8) is 0 Å². The monoisotopic (exact) mass is 352 g/mol. The second-order valence-electron chi connectivity index (χ2n) is 6.37. The van der Waals surface area contributed by atoms with E-state index in [1.807, 2.05) is 6.07 Å². The Morgan fingerprint density at radius 1 is 1.33 bits per heavy atom. The lowest BCUT2D eigenvalue weighted by Gasteiger charge is -2.33. The SMILES string of the molecule is CC(C)(C)c1ccc(S(=O)(=O)N2CCCCC2CN)s1.Cl.